The minimum absolute atomic E-state index is 0.0410. The lowest BCUT2D eigenvalue weighted by molar-refractivity contribution is 0.398. The zero-order valence-corrected chi connectivity index (χ0v) is 15.2. The number of phenols is 1. The molecular formula is C16H19ClN2O3S. The second kappa shape index (κ2) is 6.55. The molecule has 7 heteroatoms. The second-order valence-electron chi connectivity index (χ2n) is 6.08. The van der Waals surface area contributed by atoms with Crippen LogP contribution in [0.15, 0.2) is 22.6 Å². The van der Waals surface area contributed by atoms with Gasteiger partial charge in [-0.15, -0.1) is 0 Å². The zero-order valence-electron chi connectivity index (χ0n) is 13.7. The fourth-order valence-corrected chi connectivity index (χ4v) is 2.68. The Hall–Kier alpha value is -1.50. The molecular weight excluding hydrogens is 336 g/mol. The van der Waals surface area contributed by atoms with Gasteiger partial charge in [-0.05, 0) is 39.8 Å². The van der Waals surface area contributed by atoms with E-state index in [0.29, 0.717) is 22.7 Å². The van der Waals surface area contributed by atoms with Gasteiger partial charge in [0.15, 0.2) is 0 Å². The van der Waals surface area contributed by atoms with Crippen molar-refractivity contribution < 1.29 is 14.4 Å². The van der Waals surface area contributed by atoms with E-state index in [1.54, 1.807) is 13.0 Å². The van der Waals surface area contributed by atoms with Crippen LogP contribution in [0.25, 0.3) is 10.9 Å². The van der Waals surface area contributed by atoms with E-state index in [4.69, 9.17) is 16.3 Å². The van der Waals surface area contributed by atoms with E-state index >= 15 is 0 Å². The first-order valence-corrected chi connectivity index (χ1v) is 8.47. The molecule has 2 aromatic rings. The number of hydrogen-bond donors (Lipinski definition) is 1. The van der Waals surface area contributed by atoms with Crippen molar-refractivity contribution in [2.45, 2.75) is 32.4 Å². The monoisotopic (exact) mass is 354 g/mol. The summed E-state index contributed by atoms with van der Waals surface area (Å²) >= 11 is 4.57. The largest absolute Gasteiger partial charge is 0.591 e. The molecule has 1 aromatic carbocycles. The summed E-state index contributed by atoms with van der Waals surface area (Å²) in [4.78, 5) is 4.37. The lowest BCUT2D eigenvalue weighted by Crippen LogP contribution is -2.26. The molecule has 0 saturated heterocycles. The Morgan fingerprint density at radius 2 is 2.00 bits per heavy atom. The van der Waals surface area contributed by atoms with Crippen LogP contribution < -0.4 is 4.74 Å². The maximum Gasteiger partial charge on any atom is 0.223 e. The minimum Gasteiger partial charge on any atom is -0.591 e. The number of rotatable bonds is 3. The predicted molar refractivity (Wildman–Crippen MR) is 95.1 cm³/mol. The van der Waals surface area contributed by atoms with Crippen LogP contribution in [-0.2, 0) is 11.4 Å². The highest BCUT2D eigenvalue weighted by Gasteiger charge is 2.27. The first kappa shape index (κ1) is 17.8. The van der Waals surface area contributed by atoms with Crippen molar-refractivity contribution in [2.24, 2.45) is 4.40 Å². The van der Waals surface area contributed by atoms with Crippen LogP contribution in [-0.4, -0.2) is 32.2 Å². The van der Waals surface area contributed by atoms with Crippen LogP contribution >= 0.6 is 11.6 Å². The molecule has 124 valence electrons. The maximum absolute atomic E-state index is 12.2. The van der Waals surface area contributed by atoms with Gasteiger partial charge in [-0.3, -0.25) is 0 Å². The number of aromatic hydroxyl groups is 1. The number of phenolic OH excluding ortho intramolecular Hbond substituents is 1. The molecule has 0 radical (unpaired) electrons. The van der Waals surface area contributed by atoms with Gasteiger partial charge in [0.1, 0.15) is 27.6 Å². The smallest absolute Gasteiger partial charge is 0.223 e. The molecule has 23 heavy (non-hydrogen) atoms. The number of pyridine rings is 1. The Kier molecular flexibility index (Phi) is 5.08. The SMILES string of the molecule is COc1nc2cc(O)c(Cl)cc2cc1/C(C)=N/[S@+]([O-])C(C)(C)C. The molecule has 0 amide bonds. The van der Waals surface area contributed by atoms with E-state index < -0.39 is 16.1 Å². The van der Waals surface area contributed by atoms with Crippen LogP contribution in [0.1, 0.15) is 33.3 Å². The van der Waals surface area contributed by atoms with Crippen LogP contribution in [0.2, 0.25) is 5.02 Å². The summed E-state index contributed by atoms with van der Waals surface area (Å²) in [6.07, 6.45) is 0. The average molecular weight is 355 g/mol. The third-order valence-corrected chi connectivity index (χ3v) is 4.97. The van der Waals surface area contributed by atoms with Crippen LogP contribution in [0.3, 0.4) is 0 Å². The molecule has 2 rings (SSSR count). The summed E-state index contributed by atoms with van der Waals surface area (Å²) in [6.45, 7) is 7.34. The summed E-state index contributed by atoms with van der Waals surface area (Å²) in [5.74, 6) is 0.312. The molecule has 0 aliphatic heterocycles. The second-order valence-corrected chi connectivity index (χ2v) is 8.39. The number of fused-ring (bicyclic) bond motifs is 1. The third kappa shape index (κ3) is 3.88. The van der Waals surface area contributed by atoms with Crippen LogP contribution in [0.5, 0.6) is 11.6 Å². The van der Waals surface area contributed by atoms with Gasteiger partial charge < -0.3 is 14.4 Å². The molecule has 0 aliphatic rings. The number of methoxy groups -OCH3 is 1. The summed E-state index contributed by atoms with van der Waals surface area (Å²) < 4.78 is 21.3. The standard InChI is InChI=1S/C16H19ClN2O3S/c1-9(19-23(21)16(2,3)4)11-6-10-7-12(17)14(20)8-13(10)18-15(11)22-5/h6-8,20H,1-5H3/b19-9+/t23-/m1/s1. The molecule has 0 unspecified atom stereocenters. The predicted octanol–water partition coefficient (Wildman–Crippen LogP) is 3.87. The quantitative estimate of drug-likeness (QED) is 0.670. The van der Waals surface area contributed by atoms with Gasteiger partial charge in [0, 0.05) is 11.5 Å². The van der Waals surface area contributed by atoms with Crippen molar-refractivity contribution >= 4 is 39.6 Å². The van der Waals surface area contributed by atoms with Gasteiger partial charge in [0.05, 0.1) is 23.2 Å². The Labute approximate surface area is 143 Å². The van der Waals surface area contributed by atoms with E-state index in [2.05, 4.69) is 9.38 Å². The Morgan fingerprint density at radius 3 is 2.57 bits per heavy atom. The Balaban J connectivity index is 2.59. The minimum atomic E-state index is -1.38. The molecule has 5 nitrogen and oxygen atoms in total. The molecule has 0 saturated carbocycles. The van der Waals surface area contributed by atoms with Crippen molar-refractivity contribution in [2.75, 3.05) is 7.11 Å². The van der Waals surface area contributed by atoms with Gasteiger partial charge in [-0.2, -0.15) is 0 Å². The number of halogens is 1. The van der Waals surface area contributed by atoms with E-state index in [1.165, 1.54) is 13.2 Å². The van der Waals surface area contributed by atoms with Gasteiger partial charge in [0.25, 0.3) is 0 Å². The van der Waals surface area contributed by atoms with Crippen molar-refractivity contribution in [1.29, 1.82) is 0 Å². The van der Waals surface area contributed by atoms with E-state index in [9.17, 15) is 9.66 Å². The number of nitrogens with zero attached hydrogens (tertiary/aromatic N) is 2. The topological polar surface area (TPSA) is 77.8 Å². The lowest BCUT2D eigenvalue weighted by atomic mass is 10.1. The maximum atomic E-state index is 12.2. The average Bonchev–Trinajstić information content (AvgIpc) is 2.46. The summed E-state index contributed by atoms with van der Waals surface area (Å²) in [5, 5.41) is 10.7. The molecule has 0 fully saturated rings. The highest BCUT2D eigenvalue weighted by Crippen LogP contribution is 2.31. The molecule has 0 spiro atoms. The van der Waals surface area contributed by atoms with Crippen LogP contribution in [0, 0.1) is 0 Å². The number of ether oxygens (including phenoxy) is 1. The molecule has 0 bridgehead atoms. The molecule has 1 N–H and O–H groups in total. The Morgan fingerprint density at radius 1 is 1.35 bits per heavy atom. The fourth-order valence-electron chi connectivity index (χ4n) is 1.89. The molecule has 1 atom stereocenters. The van der Waals surface area contributed by atoms with Gasteiger partial charge in [-0.25, -0.2) is 4.98 Å². The molecule has 1 heterocycles. The van der Waals surface area contributed by atoms with Gasteiger partial charge >= 0.3 is 0 Å². The van der Waals surface area contributed by atoms with Crippen molar-refractivity contribution in [3.63, 3.8) is 0 Å². The molecule has 1 aromatic heterocycles. The van der Waals surface area contributed by atoms with Crippen molar-refractivity contribution in [3.8, 4) is 11.6 Å². The summed E-state index contributed by atoms with van der Waals surface area (Å²) in [7, 11) is 1.50. The van der Waals surface area contributed by atoms with Crippen molar-refractivity contribution in [1.82, 2.24) is 4.98 Å². The number of hydrogen-bond acceptors (Lipinski definition) is 5. The highest BCUT2D eigenvalue weighted by atomic mass is 35.5. The Bertz CT molecular complexity index is 772. The van der Waals surface area contributed by atoms with Crippen molar-refractivity contribution in [3.05, 3.63) is 28.8 Å². The fraction of sp³-hybridized carbons (Fsp3) is 0.375. The third-order valence-electron chi connectivity index (χ3n) is 3.18. The van der Waals surface area contributed by atoms with E-state index in [1.807, 2.05) is 26.8 Å². The van der Waals surface area contributed by atoms with E-state index in [0.717, 1.165) is 5.39 Å². The van der Waals surface area contributed by atoms with Gasteiger partial charge in [0.2, 0.25) is 5.88 Å². The van der Waals surface area contributed by atoms with Gasteiger partial charge in [-0.1, -0.05) is 16.0 Å². The number of aromatic nitrogens is 1. The lowest BCUT2D eigenvalue weighted by Gasteiger charge is -2.19. The van der Waals surface area contributed by atoms with Crippen LogP contribution in [0.4, 0.5) is 0 Å². The number of benzene rings is 1. The normalized spacial score (nSPS) is 14.1. The van der Waals surface area contributed by atoms with E-state index in [-0.39, 0.29) is 10.8 Å². The highest BCUT2D eigenvalue weighted by molar-refractivity contribution is 7.91. The summed E-state index contributed by atoms with van der Waals surface area (Å²) in [5.41, 5.74) is 1.75. The first-order valence-electron chi connectivity index (χ1n) is 6.98. The zero-order chi connectivity index (χ0) is 17.4. The molecule has 0 aliphatic carbocycles. The first-order chi connectivity index (χ1) is 10.6. The summed E-state index contributed by atoms with van der Waals surface area (Å²) in [6, 6.07) is 4.91.